The average Bonchev–Trinajstić information content (AvgIpc) is 2.33. The lowest BCUT2D eigenvalue weighted by Crippen LogP contribution is -2.53. The predicted octanol–water partition coefficient (Wildman–Crippen LogP) is 3.40. The second-order valence-corrected chi connectivity index (χ2v) is 7.01. The lowest BCUT2D eigenvalue weighted by Gasteiger charge is -2.47. The van der Waals surface area contributed by atoms with E-state index in [4.69, 9.17) is 0 Å². The summed E-state index contributed by atoms with van der Waals surface area (Å²) in [5, 5.41) is 0. The normalized spacial score (nSPS) is 41.9. The minimum absolute atomic E-state index is 0.526. The molecule has 2 heterocycles. The van der Waals surface area contributed by atoms with Crippen LogP contribution in [0, 0.1) is 11.8 Å². The molecule has 1 aliphatic carbocycles. The summed E-state index contributed by atoms with van der Waals surface area (Å²) >= 11 is 0. The van der Waals surface area contributed by atoms with Crippen LogP contribution in [0.1, 0.15) is 64.7 Å². The Labute approximate surface area is 111 Å². The lowest BCUT2D eigenvalue weighted by atomic mass is 9.79. The van der Waals surface area contributed by atoms with Gasteiger partial charge >= 0.3 is 0 Å². The van der Waals surface area contributed by atoms with Gasteiger partial charge in [0.15, 0.2) is 0 Å². The van der Waals surface area contributed by atoms with Gasteiger partial charge in [0.2, 0.25) is 0 Å². The number of rotatable bonds is 2. The number of hydrogen-bond donors (Lipinski definition) is 0. The molecule has 2 aliphatic heterocycles. The molecular weight excluding hydrogens is 222 g/mol. The maximum atomic E-state index is 11.7. The highest BCUT2D eigenvalue weighted by Gasteiger charge is 2.38. The molecule has 3 rings (SSSR count). The number of ketones is 1. The minimum Gasteiger partial charge on any atom is -0.300 e. The van der Waals surface area contributed by atoms with Crippen molar-refractivity contribution in [2.45, 2.75) is 76.8 Å². The third kappa shape index (κ3) is 2.64. The Hall–Kier alpha value is -0.370. The van der Waals surface area contributed by atoms with Crippen molar-refractivity contribution in [3.8, 4) is 0 Å². The fraction of sp³-hybridized carbons (Fsp3) is 0.938. The van der Waals surface area contributed by atoms with Crippen molar-refractivity contribution in [1.82, 2.24) is 4.90 Å². The van der Waals surface area contributed by atoms with Gasteiger partial charge in [0.25, 0.3) is 0 Å². The molecule has 0 aromatic heterocycles. The number of piperidine rings is 2. The van der Waals surface area contributed by atoms with Crippen LogP contribution in [0.25, 0.3) is 0 Å². The SMILES string of the molecule is CC1CCC(CN2C3CCCC2CC(=O)C3)CC1. The first-order valence-corrected chi connectivity index (χ1v) is 8.00. The molecule has 18 heavy (non-hydrogen) atoms. The number of carbonyl (C=O) groups excluding carboxylic acids is 1. The van der Waals surface area contributed by atoms with Crippen molar-refractivity contribution in [3.05, 3.63) is 0 Å². The van der Waals surface area contributed by atoms with Crippen molar-refractivity contribution >= 4 is 5.78 Å². The van der Waals surface area contributed by atoms with Gasteiger partial charge in [-0.1, -0.05) is 26.2 Å². The summed E-state index contributed by atoms with van der Waals surface area (Å²) in [5.74, 6) is 2.39. The number of Topliss-reactive ketones (excluding diaryl/α,β-unsaturated/α-hetero) is 1. The Morgan fingerprint density at radius 1 is 1.00 bits per heavy atom. The predicted molar refractivity (Wildman–Crippen MR) is 73.5 cm³/mol. The largest absolute Gasteiger partial charge is 0.300 e. The van der Waals surface area contributed by atoms with Gasteiger partial charge in [0.05, 0.1) is 0 Å². The highest BCUT2D eigenvalue weighted by Crippen LogP contribution is 2.36. The molecule has 0 spiro atoms. The summed E-state index contributed by atoms with van der Waals surface area (Å²) in [7, 11) is 0. The van der Waals surface area contributed by atoms with Gasteiger partial charge in [-0.2, -0.15) is 0 Å². The molecule has 2 nitrogen and oxygen atoms in total. The molecule has 0 N–H and O–H groups in total. The van der Waals surface area contributed by atoms with Crippen LogP contribution in [-0.4, -0.2) is 29.3 Å². The maximum Gasteiger partial charge on any atom is 0.136 e. The molecule has 1 saturated carbocycles. The van der Waals surface area contributed by atoms with Crippen LogP contribution < -0.4 is 0 Å². The number of fused-ring (bicyclic) bond motifs is 2. The van der Waals surface area contributed by atoms with E-state index in [1.54, 1.807) is 0 Å². The Morgan fingerprint density at radius 2 is 1.61 bits per heavy atom. The smallest absolute Gasteiger partial charge is 0.136 e. The van der Waals surface area contributed by atoms with Gasteiger partial charge in [-0.25, -0.2) is 0 Å². The molecule has 3 fully saturated rings. The third-order valence-corrected chi connectivity index (χ3v) is 5.54. The summed E-state index contributed by atoms with van der Waals surface area (Å²) < 4.78 is 0. The van der Waals surface area contributed by atoms with Crippen LogP contribution in [-0.2, 0) is 4.79 Å². The summed E-state index contributed by atoms with van der Waals surface area (Å²) in [4.78, 5) is 14.5. The molecular formula is C16H27NO. The highest BCUT2D eigenvalue weighted by atomic mass is 16.1. The Kier molecular flexibility index (Phi) is 3.74. The highest BCUT2D eigenvalue weighted by molar-refractivity contribution is 5.80. The molecule has 0 amide bonds. The van der Waals surface area contributed by atoms with Gasteiger partial charge in [-0.3, -0.25) is 9.69 Å². The van der Waals surface area contributed by atoms with Crippen molar-refractivity contribution in [1.29, 1.82) is 0 Å². The van der Waals surface area contributed by atoms with Crippen LogP contribution in [0.4, 0.5) is 0 Å². The molecule has 0 aromatic carbocycles. The van der Waals surface area contributed by atoms with Gasteiger partial charge in [-0.05, 0) is 37.5 Å². The number of nitrogens with zero attached hydrogens (tertiary/aromatic N) is 1. The molecule has 2 unspecified atom stereocenters. The number of carbonyl (C=O) groups is 1. The summed E-state index contributed by atoms with van der Waals surface area (Å²) in [6.07, 6.45) is 11.3. The Balaban J connectivity index is 1.60. The molecule has 3 aliphatic rings. The maximum absolute atomic E-state index is 11.7. The van der Waals surface area contributed by atoms with Crippen LogP contribution >= 0.6 is 0 Å². The van der Waals surface area contributed by atoms with E-state index in [0.717, 1.165) is 24.7 Å². The Bertz CT molecular complexity index is 290. The number of hydrogen-bond acceptors (Lipinski definition) is 2. The first-order valence-electron chi connectivity index (χ1n) is 8.00. The van der Waals surface area contributed by atoms with Gasteiger partial charge in [-0.15, -0.1) is 0 Å². The topological polar surface area (TPSA) is 20.3 Å². The van der Waals surface area contributed by atoms with E-state index in [-0.39, 0.29) is 0 Å². The lowest BCUT2D eigenvalue weighted by molar-refractivity contribution is -0.127. The fourth-order valence-corrected chi connectivity index (χ4v) is 4.37. The zero-order chi connectivity index (χ0) is 12.5. The fourth-order valence-electron chi connectivity index (χ4n) is 4.37. The van der Waals surface area contributed by atoms with E-state index in [9.17, 15) is 4.79 Å². The minimum atomic E-state index is 0.526. The quantitative estimate of drug-likeness (QED) is 0.747. The van der Waals surface area contributed by atoms with Crippen LogP contribution in [0.3, 0.4) is 0 Å². The molecule has 102 valence electrons. The van der Waals surface area contributed by atoms with E-state index in [0.29, 0.717) is 17.9 Å². The second-order valence-electron chi connectivity index (χ2n) is 7.01. The summed E-state index contributed by atoms with van der Waals surface area (Å²) in [5.41, 5.74) is 0. The average molecular weight is 249 g/mol. The zero-order valence-corrected chi connectivity index (χ0v) is 11.7. The van der Waals surface area contributed by atoms with Gasteiger partial charge in [0.1, 0.15) is 5.78 Å². The standard InChI is InChI=1S/C16H27NO/c1-12-5-7-13(8-6-12)11-17-14-3-2-4-15(17)10-16(18)9-14/h12-15H,2-11H2,1H3. The van der Waals surface area contributed by atoms with Gasteiger partial charge < -0.3 is 0 Å². The van der Waals surface area contributed by atoms with E-state index < -0.39 is 0 Å². The molecule has 2 heteroatoms. The third-order valence-electron chi connectivity index (χ3n) is 5.54. The zero-order valence-electron chi connectivity index (χ0n) is 11.7. The Morgan fingerprint density at radius 3 is 2.22 bits per heavy atom. The summed E-state index contributed by atoms with van der Waals surface area (Å²) in [6.45, 7) is 3.68. The van der Waals surface area contributed by atoms with Crippen LogP contribution in [0.15, 0.2) is 0 Å². The van der Waals surface area contributed by atoms with E-state index in [1.807, 2.05) is 0 Å². The van der Waals surface area contributed by atoms with Gasteiger partial charge in [0, 0.05) is 31.5 Å². The van der Waals surface area contributed by atoms with E-state index in [2.05, 4.69) is 11.8 Å². The molecule has 2 bridgehead atoms. The first kappa shape index (κ1) is 12.7. The van der Waals surface area contributed by atoms with E-state index in [1.165, 1.54) is 51.5 Å². The molecule has 2 saturated heterocycles. The first-order chi connectivity index (χ1) is 8.72. The van der Waals surface area contributed by atoms with Crippen LogP contribution in [0.2, 0.25) is 0 Å². The van der Waals surface area contributed by atoms with Crippen molar-refractivity contribution in [3.63, 3.8) is 0 Å². The molecule has 2 atom stereocenters. The summed E-state index contributed by atoms with van der Waals surface area (Å²) in [6, 6.07) is 1.20. The van der Waals surface area contributed by atoms with E-state index >= 15 is 0 Å². The monoisotopic (exact) mass is 249 g/mol. The molecule has 0 radical (unpaired) electrons. The van der Waals surface area contributed by atoms with Crippen molar-refractivity contribution in [2.24, 2.45) is 11.8 Å². The second kappa shape index (κ2) is 5.32. The molecule has 0 aromatic rings. The van der Waals surface area contributed by atoms with Crippen molar-refractivity contribution in [2.75, 3.05) is 6.54 Å². The van der Waals surface area contributed by atoms with Crippen molar-refractivity contribution < 1.29 is 4.79 Å². The van der Waals surface area contributed by atoms with Crippen LogP contribution in [0.5, 0.6) is 0 Å².